The molecule has 1 amide bonds. The molecule has 3 N–H and O–H groups in total. The van der Waals surface area contributed by atoms with Crippen molar-refractivity contribution in [1.29, 1.82) is 0 Å². The van der Waals surface area contributed by atoms with Gasteiger partial charge in [0.15, 0.2) is 0 Å². The molecule has 0 aliphatic heterocycles. The second-order valence-electron chi connectivity index (χ2n) is 4.06. The summed E-state index contributed by atoms with van der Waals surface area (Å²) in [5.74, 6) is 3.74. The largest absolute Gasteiger partial charge is 0.508 e. The summed E-state index contributed by atoms with van der Waals surface area (Å²) in [4.78, 5) is 12.7. The highest BCUT2D eigenvalue weighted by Gasteiger charge is 2.12. The Morgan fingerprint density at radius 3 is 2.90 bits per heavy atom. The average molecular weight is 305 g/mol. The van der Waals surface area contributed by atoms with Crippen LogP contribution in [0.3, 0.4) is 0 Å². The van der Waals surface area contributed by atoms with Crippen LogP contribution in [-0.2, 0) is 6.54 Å². The van der Waals surface area contributed by atoms with Gasteiger partial charge in [-0.25, -0.2) is 4.39 Å². The van der Waals surface area contributed by atoms with Gasteiger partial charge in [0.05, 0.1) is 12.1 Å². The van der Waals surface area contributed by atoms with E-state index in [4.69, 9.17) is 10.2 Å². The summed E-state index contributed by atoms with van der Waals surface area (Å²) in [6.07, 6.45) is 0. The van der Waals surface area contributed by atoms with Crippen LogP contribution in [0.2, 0.25) is 0 Å². The molecule has 0 saturated carbocycles. The third kappa shape index (κ3) is 3.81. The summed E-state index contributed by atoms with van der Waals surface area (Å²) < 4.78 is 13.5. The first kappa shape index (κ1) is 15.0. The van der Waals surface area contributed by atoms with Crippen LogP contribution in [0.5, 0.6) is 5.75 Å². The number of hydrogen-bond acceptors (Lipinski definition) is 4. The van der Waals surface area contributed by atoms with Crippen LogP contribution in [0.25, 0.3) is 0 Å². The lowest BCUT2D eigenvalue weighted by Crippen LogP contribution is -2.23. The molecule has 1 aromatic carbocycles. The zero-order chi connectivity index (χ0) is 15.2. The number of aliphatic hydroxyl groups is 1. The first-order valence-corrected chi connectivity index (χ1v) is 6.92. The van der Waals surface area contributed by atoms with Crippen LogP contribution in [0, 0.1) is 17.7 Å². The summed E-state index contributed by atoms with van der Waals surface area (Å²) in [7, 11) is 0. The molecule has 2 rings (SSSR count). The van der Waals surface area contributed by atoms with Crippen LogP contribution in [0.1, 0.15) is 20.8 Å². The quantitative estimate of drug-likeness (QED) is 0.758. The fourth-order valence-electron chi connectivity index (χ4n) is 1.67. The number of phenols is 1. The average Bonchev–Trinajstić information content (AvgIpc) is 2.90. The van der Waals surface area contributed by atoms with E-state index in [0.717, 1.165) is 16.5 Å². The minimum absolute atomic E-state index is 0.132. The maximum absolute atomic E-state index is 13.5. The number of benzene rings is 1. The fourth-order valence-corrected chi connectivity index (χ4v) is 2.44. The number of rotatable bonds is 3. The Morgan fingerprint density at radius 1 is 1.38 bits per heavy atom. The molecule has 4 nitrogen and oxygen atoms in total. The summed E-state index contributed by atoms with van der Waals surface area (Å²) in [5, 5.41) is 22.2. The van der Waals surface area contributed by atoms with Crippen molar-refractivity contribution in [3.8, 4) is 17.6 Å². The number of phenolic OH excluding ortho intramolecular Hbond substituents is 1. The van der Waals surface area contributed by atoms with Gasteiger partial charge in [-0.2, -0.15) is 0 Å². The van der Waals surface area contributed by atoms with Crippen molar-refractivity contribution in [2.24, 2.45) is 0 Å². The maximum Gasteiger partial charge on any atom is 0.254 e. The highest BCUT2D eigenvalue weighted by Crippen LogP contribution is 2.17. The normalized spacial score (nSPS) is 9.81. The van der Waals surface area contributed by atoms with Crippen molar-refractivity contribution < 1.29 is 19.4 Å². The van der Waals surface area contributed by atoms with Crippen LogP contribution < -0.4 is 5.32 Å². The molecule has 21 heavy (non-hydrogen) atoms. The van der Waals surface area contributed by atoms with Crippen LogP contribution >= 0.6 is 11.3 Å². The van der Waals surface area contributed by atoms with E-state index in [9.17, 15) is 9.18 Å². The lowest BCUT2D eigenvalue weighted by atomic mass is 10.2. The Balaban J connectivity index is 2.06. The molecule has 2 aromatic rings. The van der Waals surface area contributed by atoms with E-state index < -0.39 is 11.7 Å². The van der Waals surface area contributed by atoms with Gasteiger partial charge in [-0.05, 0) is 23.6 Å². The van der Waals surface area contributed by atoms with E-state index in [1.807, 2.05) is 5.38 Å². The predicted molar refractivity (Wildman–Crippen MR) is 77.5 cm³/mol. The fraction of sp³-hybridized carbons (Fsp3) is 0.133. The topological polar surface area (TPSA) is 69.6 Å². The number of carbonyl (C=O) groups is 1. The van der Waals surface area contributed by atoms with Gasteiger partial charge in [0, 0.05) is 16.5 Å². The first-order valence-electron chi connectivity index (χ1n) is 6.04. The number of aromatic hydroxyl groups is 1. The Morgan fingerprint density at radius 2 is 2.19 bits per heavy atom. The molecule has 0 fully saturated rings. The van der Waals surface area contributed by atoms with E-state index in [1.54, 1.807) is 6.07 Å². The zero-order valence-electron chi connectivity index (χ0n) is 10.9. The number of carbonyl (C=O) groups excluding carboxylic acids is 1. The molecule has 0 atom stereocenters. The van der Waals surface area contributed by atoms with E-state index >= 15 is 0 Å². The van der Waals surface area contributed by atoms with Crippen molar-refractivity contribution >= 4 is 17.2 Å². The molecule has 0 aliphatic rings. The Bertz CT molecular complexity index is 715. The molecule has 6 heteroatoms. The Kier molecular flexibility index (Phi) is 4.93. The van der Waals surface area contributed by atoms with Gasteiger partial charge in [-0.3, -0.25) is 4.79 Å². The minimum atomic E-state index is -0.779. The van der Waals surface area contributed by atoms with Crippen molar-refractivity contribution in [3.63, 3.8) is 0 Å². The van der Waals surface area contributed by atoms with E-state index in [0.29, 0.717) is 0 Å². The second kappa shape index (κ2) is 6.88. The molecular formula is C15H12FNO3S. The Hall–Kier alpha value is -2.36. The number of aliphatic hydroxyl groups excluding tert-OH is 1. The highest BCUT2D eigenvalue weighted by molar-refractivity contribution is 7.10. The molecule has 1 aromatic heterocycles. The lowest BCUT2D eigenvalue weighted by molar-refractivity contribution is 0.0947. The lowest BCUT2D eigenvalue weighted by Gasteiger charge is -2.06. The zero-order valence-corrected chi connectivity index (χ0v) is 11.7. The number of thiophene rings is 1. The van der Waals surface area contributed by atoms with Crippen molar-refractivity contribution in [1.82, 2.24) is 5.32 Å². The summed E-state index contributed by atoms with van der Waals surface area (Å²) in [5.41, 5.74) is 0.591. The number of nitrogens with one attached hydrogen (secondary N) is 1. The monoisotopic (exact) mass is 305 g/mol. The van der Waals surface area contributed by atoms with E-state index in [1.165, 1.54) is 23.5 Å². The predicted octanol–water partition coefficient (Wildman–Crippen LogP) is 1.87. The molecule has 0 saturated heterocycles. The van der Waals surface area contributed by atoms with Gasteiger partial charge in [-0.15, -0.1) is 11.3 Å². The van der Waals surface area contributed by atoms with Gasteiger partial charge in [0.2, 0.25) is 0 Å². The van der Waals surface area contributed by atoms with Crippen molar-refractivity contribution in [3.05, 3.63) is 51.5 Å². The summed E-state index contributed by atoms with van der Waals surface area (Å²) >= 11 is 1.41. The van der Waals surface area contributed by atoms with Crippen molar-refractivity contribution in [2.45, 2.75) is 6.54 Å². The third-order valence-electron chi connectivity index (χ3n) is 2.65. The minimum Gasteiger partial charge on any atom is -0.508 e. The van der Waals surface area contributed by atoms with Gasteiger partial charge >= 0.3 is 0 Å². The molecule has 0 unspecified atom stereocenters. The Labute approximate surface area is 124 Å². The van der Waals surface area contributed by atoms with E-state index in [-0.39, 0.29) is 24.5 Å². The standard InChI is InChI=1S/C15H12FNO3S/c16-13-8-11(19)3-4-12(13)15(20)17-9-14-10(2-1-6-18)5-7-21-14/h3-5,7-8,18-19H,6,9H2,(H,17,20). The number of hydrogen-bond donors (Lipinski definition) is 3. The molecule has 0 spiro atoms. The highest BCUT2D eigenvalue weighted by atomic mass is 32.1. The van der Waals surface area contributed by atoms with Gasteiger partial charge in [0.1, 0.15) is 18.2 Å². The molecule has 1 heterocycles. The summed E-state index contributed by atoms with van der Waals surface area (Å²) in [6, 6.07) is 5.15. The third-order valence-corrected chi connectivity index (χ3v) is 3.58. The maximum atomic E-state index is 13.5. The van der Waals surface area contributed by atoms with E-state index in [2.05, 4.69) is 17.2 Å². The van der Waals surface area contributed by atoms with Gasteiger partial charge < -0.3 is 15.5 Å². The van der Waals surface area contributed by atoms with Crippen LogP contribution in [0.4, 0.5) is 4.39 Å². The molecule has 0 aliphatic carbocycles. The van der Waals surface area contributed by atoms with Crippen LogP contribution in [-0.4, -0.2) is 22.7 Å². The van der Waals surface area contributed by atoms with Gasteiger partial charge in [0.25, 0.3) is 5.91 Å². The first-order chi connectivity index (χ1) is 10.1. The summed E-state index contributed by atoms with van der Waals surface area (Å²) in [6.45, 7) is -0.0212. The van der Waals surface area contributed by atoms with Crippen LogP contribution in [0.15, 0.2) is 29.6 Å². The second-order valence-corrected chi connectivity index (χ2v) is 5.06. The molecule has 0 radical (unpaired) electrons. The molecule has 0 bridgehead atoms. The SMILES string of the molecule is O=C(NCc1sccc1C#CCO)c1ccc(O)cc1F. The molecule has 108 valence electrons. The van der Waals surface area contributed by atoms with Gasteiger partial charge in [-0.1, -0.05) is 11.8 Å². The molecular weight excluding hydrogens is 293 g/mol. The smallest absolute Gasteiger partial charge is 0.254 e. The van der Waals surface area contributed by atoms with Crippen molar-refractivity contribution in [2.75, 3.05) is 6.61 Å². The number of halogens is 1. The number of amides is 1.